The number of rotatable bonds is 8. The van der Waals surface area contributed by atoms with Crippen LogP contribution in [0.3, 0.4) is 0 Å². The minimum Gasteiger partial charge on any atom is -0.352 e. The molecule has 1 fully saturated rings. The van der Waals surface area contributed by atoms with Crippen LogP contribution in [0, 0.1) is 0 Å². The highest BCUT2D eigenvalue weighted by atomic mass is 35.5. The fourth-order valence-corrected chi connectivity index (χ4v) is 4.54. The molecule has 3 heterocycles. The molecular formula is C27H30ClN7O. The van der Waals surface area contributed by atoms with Crippen LogP contribution in [0.2, 0.25) is 5.02 Å². The molecule has 1 amide bonds. The Balaban J connectivity index is 1.17. The molecule has 1 saturated heterocycles. The van der Waals surface area contributed by atoms with Crippen LogP contribution >= 0.6 is 11.6 Å². The van der Waals surface area contributed by atoms with Gasteiger partial charge in [-0.1, -0.05) is 23.7 Å². The predicted octanol–water partition coefficient (Wildman–Crippen LogP) is 4.16. The number of amides is 1. The van der Waals surface area contributed by atoms with E-state index in [4.69, 9.17) is 11.6 Å². The van der Waals surface area contributed by atoms with Crippen molar-refractivity contribution in [1.29, 1.82) is 0 Å². The molecule has 4 aromatic rings. The van der Waals surface area contributed by atoms with Gasteiger partial charge in [-0.05, 0) is 74.1 Å². The lowest BCUT2D eigenvalue weighted by molar-refractivity contribution is 0.0949. The van der Waals surface area contributed by atoms with Crippen molar-refractivity contribution in [3.63, 3.8) is 0 Å². The molecule has 2 aromatic carbocycles. The second kappa shape index (κ2) is 11.1. The fourth-order valence-electron chi connectivity index (χ4n) is 4.35. The van der Waals surface area contributed by atoms with E-state index < -0.39 is 0 Å². The minimum atomic E-state index is -0.0584. The average molecular weight is 504 g/mol. The Kier molecular flexibility index (Phi) is 7.46. The molecule has 1 aliphatic heterocycles. The molecule has 0 spiro atoms. The molecule has 9 heteroatoms. The Hall–Kier alpha value is -3.46. The van der Waals surface area contributed by atoms with E-state index in [1.807, 2.05) is 66.9 Å². The number of pyridine rings is 1. The second-order valence-electron chi connectivity index (χ2n) is 9.09. The Morgan fingerprint density at radius 1 is 1.03 bits per heavy atom. The van der Waals surface area contributed by atoms with E-state index in [9.17, 15) is 4.79 Å². The molecule has 8 nitrogen and oxygen atoms in total. The third-order valence-corrected chi connectivity index (χ3v) is 6.67. The van der Waals surface area contributed by atoms with Gasteiger partial charge in [-0.15, -0.1) is 5.10 Å². The van der Waals surface area contributed by atoms with Crippen LogP contribution in [0.4, 0.5) is 11.6 Å². The number of halogens is 1. The summed E-state index contributed by atoms with van der Waals surface area (Å²) in [6.07, 6.45) is 2.81. The van der Waals surface area contributed by atoms with Crippen molar-refractivity contribution in [2.75, 3.05) is 51.6 Å². The molecule has 0 unspecified atom stereocenters. The number of likely N-dealkylation sites (N-methyl/N-ethyl adjacent to an activating group) is 1. The highest BCUT2D eigenvalue weighted by Gasteiger charge is 2.14. The molecule has 0 radical (unpaired) electrons. The number of fused-ring (bicyclic) bond motifs is 1. The number of carbonyl (C=O) groups is 1. The molecule has 36 heavy (non-hydrogen) atoms. The van der Waals surface area contributed by atoms with Crippen molar-refractivity contribution in [3.8, 4) is 11.1 Å². The topological polar surface area (TPSA) is 77.8 Å². The molecule has 0 aliphatic carbocycles. The van der Waals surface area contributed by atoms with Gasteiger partial charge >= 0.3 is 0 Å². The molecule has 5 rings (SSSR count). The van der Waals surface area contributed by atoms with Gasteiger partial charge in [0.2, 0.25) is 5.95 Å². The normalized spacial score (nSPS) is 14.7. The van der Waals surface area contributed by atoms with Crippen LogP contribution in [-0.4, -0.2) is 76.6 Å². The van der Waals surface area contributed by atoms with E-state index in [0.29, 0.717) is 23.1 Å². The Morgan fingerprint density at radius 3 is 2.61 bits per heavy atom. The van der Waals surface area contributed by atoms with E-state index >= 15 is 0 Å². The zero-order valence-corrected chi connectivity index (χ0v) is 21.1. The first-order valence-corrected chi connectivity index (χ1v) is 12.6. The Bertz CT molecular complexity index is 1330. The maximum atomic E-state index is 12.5. The molecule has 2 aromatic heterocycles. The lowest BCUT2D eigenvalue weighted by atomic mass is 10.1. The molecule has 186 valence electrons. The van der Waals surface area contributed by atoms with Gasteiger partial charge in [-0.2, -0.15) is 4.98 Å². The smallest absolute Gasteiger partial charge is 0.251 e. The van der Waals surface area contributed by atoms with Crippen LogP contribution in [0.15, 0.2) is 66.9 Å². The summed E-state index contributed by atoms with van der Waals surface area (Å²) in [6, 6.07) is 19.0. The Labute approximate surface area is 215 Å². The number of piperazine rings is 1. The Morgan fingerprint density at radius 2 is 1.83 bits per heavy atom. The maximum absolute atomic E-state index is 12.5. The van der Waals surface area contributed by atoms with Crippen molar-refractivity contribution in [1.82, 2.24) is 29.7 Å². The highest BCUT2D eigenvalue weighted by Crippen LogP contribution is 2.27. The van der Waals surface area contributed by atoms with Gasteiger partial charge in [0.05, 0.1) is 0 Å². The number of benzene rings is 2. The van der Waals surface area contributed by atoms with Crippen molar-refractivity contribution < 1.29 is 4.79 Å². The average Bonchev–Trinajstić information content (AvgIpc) is 3.30. The number of aromatic nitrogens is 3. The first-order valence-electron chi connectivity index (χ1n) is 12.2. The number of hydrogen-bond donors (Lipinski definition) is 2. The number of hydrogen-bond acceptors (Lipinski definition) is 6. The van der Waals surface area contributed by atoms with E-state index in [-0.39, 0.29) is 5.91 Å². The van der Waals surface area contributed by atoms with Gasteiger partial charge in [0.1, 0.15) is 0 Å². The summed E-state index contributed by atoms with van der Waals surface area (Å²) in [5.41, 5.74) is 4.09. The van der Waals surface area contributed by atoms with Crippen molar-refractivity contribution in [3.05, 3.63) is 77.4 Å². The van der Waals surface area contributed by atoms with Gasteiger partial charge in [0, 0.05) is 60.8 Å². The van der Waals surface area contributed by atoms with E-state index in [2.05, 4.69) is 37.6 Å². The summed E-state index contributed by atoms with van der Waals surface area (Å²) in [5.74, 6) is 0.419. The molecule has 0 bridgehead atoms. The summed E-state index contributed by atoms with van der Waals surface area (Å²) < 4.78 is 1.74. The zero-order valence-electron chi connectivity index (χ0n) is 20.3. The minimum absolute atomic E-state index is 0.0584. The molecule has 0 atom stereocenters. The third-order valence-electron chi connectivity index (χ3n) is 6.43. The summed E-state index contributed by atoms with van der Waals surface area (Å²) >= 11 is 6.18. The van der Waals surface area contributed by atoms with Gasteiger partial charge in [-0.25, -0.2) is 4.52 Å². The first kappa shape index (κ1) is 24.2. The molecular weight excluding hydrogens is 474 g/mol. The van der Waals surface area contributed by atoms with Crippen molar-refractivity contribution >= 4 is 34.8 Å². The number of carbonyl (C=O) groups excluding carboxylic acids is 1. The maximum Gasteiger partial charge on any atom is 0.251 e. The van der Waals surface area contributed by atoms with Gasteiger partial charge in [0.15, 0.2) is 5.65 Å². The molecule has 1 aliphatic rings. The molecule has 0 saturated carbocycles. The van der Waals surface area contributed by atoms with Gasteiger partial charge < -0.3 is 20.4 Å². The second-order valence-corrected chi connectivity index (χ2v) is 9.53. The highest BCUT2D eigenvalue weighted by molar-refractivity contribution is 6.30. The van der Waals surface area contributed by atoms with Crippen LogP contribution in [-0.2, 0) is 0 Å². The largest absolute Gasteiger partial charge is 0.352 e. The third kappa shape index (κ3) is 5.84. The number of nitrogens with zero attached hydrogens (tertiary/aromatic N) is 5. The SMILES string of the molecule is CN1CCN(CCCNC(=O)c2ccc(Nc3nc4c(-c5cccc(Cl)c5)cccn4n3)cc2)CC1. The monoisotopic (exact) mass is 503 g/mol. The quantitative estimate of drug-likeness (QED) is 0.352. The first-order chi connectivity index (χ1) is 17.5. The summed E-state index contributed by atoms with van der Waals surface area (Å²) in [4.78, 5) is 22.0. The van der Waals surface area contributed by atoms with Crippen LogP contribution in [0.5, 0.6) is 0 Å². The predicted molar refractivity (Wildman–Crippen MR) is 144 cm³/mol. The van der Waals surface area contributed by atoms with Crippen molar-refractivity contribution in [2.45, 2.75) is 6.42 Å². The standard InChI is InChI=1S/C27H30ClN7O/c1-33-15-17-34(18-16-33)13-4-12-29-26(36)20-8-10-23(11-9-20)30-27-31-25-24(7-3-14-35(25)32-27)21-5-2-6-22(28)19-21/h2-3,5-11,14,19H,4,12-13,15-18H2,1H3,(H,29,36)(H,30,32). The lowest BCUT2D eigenvalue weighted by Crippen LogP contribution is -2.45. The van der Waals surface area contributed by atoms with E-state index in [1.54, 1.807) is 4.52 Å². The lowest BCUT2D eigenvalue weighted by Gasteiger charge is -2.32. The van der Waals surface area contributed by atoms with E-state index in [1.165, 1.54) is 0 Å². The number of nitrogens with one attached hydrogen (secondary N) is 2. The zero-order chi connectivity index (χ0) is 24.9. The fraction of sp³-hybridized carbons (Fsp3) is 0.296. The van der Waals surface area contributed by atoms with Crippen LogP contribution in [0.25, 0.3) is 16.8 Å². The summed E-state index contributed by atoms with van der Waals surface area (Å²) in [7, 11) is 2.16. The van der Waals surface area contributed by atoms with Crippen LogP contribution < -0.4 is 10.6 Å². The van der Waals surface area contributed by atoms with E-state index in [0.717, 1.165) is 61.6 Å². The van der Waals surface area contributed by atoms with Gasteiger partial charge in [0.25, 0.3) is 5.91 Å². The summed E-state index contributed by atoms with van der Waals surface area (Å²) in [6.45, 7) is 6.11. The van der Waals surface area contributed by atoms with Crippen LogP contribution in [0.1, 0.15) is 16.8 Å². The summed E-state index contributed by atoms with van der Waals surface area (Å²) in [5, 5.41) is 11.5. The van der Waals surface area contributed by atoms with Gasteiger partial charge in [-0.3, -0.25) is 4.79 Å². The molecule has 2 N–H and O–H groups in total. The number of anilines is 2. The van der Waals surface area contributed by atoms with Crippen molar-refractivity contribution in [2.24, 2.45) is 0 Å².